The molecular weight excluding hydrogens is 523 g/mol. The predicted molar refractivity (Wildman–Crippen MR) is 173 cm³/mol. The summed E-state index contributed by atoms with van der Waals surface area (Å²) in [5.41, 5.74) is 3.70. The van der Waals surface area contributed by atoms with E-state index in [9.17, 15) is 0 Å². The summed E-state index contributed by atoms with van der Waals surface area (Å²) in [7, 11) is -1.71. The largest absolute Gasteiger partial charge is 0.345 e. The van der Waals surface area contributed by atoms with Crippen LogP contribution < -0.4 is 21.3 Å². The lowest BCUT2D eigenvalue weighted by molar-refractivity contribution is 0.889. The Morgan fingerprint density at radius 1 is 0.600 bits per heavy atom. The number of aromatic nitrogens is 2. The van der Waals surface area contributed by atoms with Crippen LogP contribution in [0.2, 0.25) is 5.02 Å². The third-order valence-electron chi connectivity index (χ3n) is 7.87. The molecule has 1 heterocycles. The quantitative estimate of drug-likeness (QED) is 0.180. The lowest BCUT2D eigenvalue weighted by atomic mass is 9.58. The van der Waals surface area contributed by atoms with Crippen molar-refractivity contribution in [2.24, 2.45) is 0 Å². The molecule has 0 bridgehead atoms. The van der Waals surface area contributed by atoms with Crippen molar-refractivity contribution in [2.75, 3.05) is 0 Å². The van der Waals surface area contributed by atoms with Gasteiger partial charge in [-0.2, -0.15) is 0 Å². The van der Waals surface area contributed by atoms with Gasteiger partial charge >= 0.3 is 0 Å². The molecule has 0 spiro atoms. The van der Waals surface area contributed by atoms with Crippen LogP contribution >= 0.6 is 11.6 Å². The number of benzene rings is 5. The normalized spacial score (nSPS) is 11.4. The van der Waals surface area contributed by atoms with E-state index in [-0.39, 0.29) is 5.82 Å². The van der Waals surface area contributed by atoms with E-state index < -0.39 is 8.07 Å². The maximum atomic E-state index is 6.40. The zero-order chi connectivity index (χ0) is 27.2. The van der Waals surface area contributed by atoms with Crippen molar-refractivity contribution in [1.82, 2.24) is 9.55 Å². The molecule has 0 saturated carbocycles. The summed E-state index contributed by atoms with van der Waals surface area (Å²) in [4.78, 5) is 4.95. The third kappa shape index (κ3) is 5.33. The Labute approximate surface area is 243 Å². The van der Waals surface area contributed by atoms with Gasteiger partial charge in [-0.3, -0.25) is 4.98 Å². The van der Waals surface area contributed by atoms with Gasteiger partial charge in [0.05, 0.1) is 5.72 Å². The van der Waals surface area contributed by atoms with Crippen molar-refractivity contribution in [3.05, 3.63) is 174 Å². The third-order valence-corrected chi connectivity index (χ3v) is 12.9. The maximum absolute atomic E-state index is 6.40. The molecule has 2 nitrogen and oxygen atoms in total. The van der Waals surface area contributed by atoms with Crippen LogP contribution in [0.4, 0.5) is 0 Å². The Kier molecular flexibility index (Phi) is 7.81. The molecule has 0 saturated heterocycles. The van der Waals surface area contributed by atoms with Gasteiger partial charge in [-0.05, 0) is 44.6 Å². The van der Waals surface area contributed by atoms with E-state index in [1.807, 2.05) is 18.3 Å². The number of rotatable bonds is 9. The standard InChI is InChI=1S/C35H30BClN2Si/c37-30-21-23-33(24-22-30)40(31-17-9-3-10-18-31,32-19-11-4-12-20-32)27-39-26-25-38-35(39)36-34(28-13-5-1-6-14-28)29-15-7-2-8-16-29/h1-26,34,36H,27H2. The van der Waals surface area contributed by atoms with Crippen molar-refractivity contribution in [3.8, 4) is 0 Å². The van der Waals surface area contributed by atoms with Crippen LogP contribution in [0.3, 0.4) is 0 Å². The number of hydrogen-bond acceptors (Lipinski definition) is 1. The molecule has 0 aliphatic heterocycles. The van der Waals surface area contributed by atoms with Gasteiger partial charge in [0.25, 0.3) is 0 Å². The fourth-order valence-corrected chi connectivity index (χ4v) is 10.6. The summed E-state index contributed by atoms with van der Waals surface area (Å²) in [6.45, 7) is 0. The Balaban J connectivity index is 1.48. The molecule has 1 aromatic heterocycles. The molecule has 194 valence electrons. The van der Waals surface area contributed by atoms with Crippen LogP contribution in [0.15, 0.2) is 158 Å². The van der Waals surface area contributed by atoms with Crippen LogP contribution in [-0.2, 0) is 6.17 Å². The van der Waals surface area contributed by atoms with E-state index in [0.717, 1.165) is 24.2 Å². The monoisotopic (exact) mass is 552 g/mol. The first kappa shape index (κ1) is 26.1. The minimum Gasteiger partial charge on any atom is -0.345 e. The van der Waals surface area contributed by atoms with E-state index in [0.29, 0.717) is 0 Å². The van der Waals surface area contributed by atoms with Gasteiger partial charge in [0.1, 0.15) is 0 Å². The first-order chi connectivity index (χ1) is 19.7. The Morgan fingerprint density at radius 3 is 1.55 bits per heavy atom. The van der Waals surface area contributed by atoms with E-state index in [1.54, 1.807) is 0 Å². The highest BCUT2D eigenvalue weighted by Gasteiger charge is 2.40. The van der Waals surface area contributed by atoms with Gasteiger partial charge in [-0.25, -0.2) is 0 Å². The lowest BCUT2D eigenvalue weighted by Crippen LogP contribution is -2.70. The van der Waals surface area contributed by atoms with Crippen molar-refractivity contribution < 1.29 is 0 Å². The molecule has 40 heavy (non-hydrogen) atoms. The van der Waals surface area contributed by atoms with Gasteiger partial charge < -0.3 is 4.57 Å². The van der Waals surface area contributed by atoms with Crippen LogP contribution in [0, 0.1) is 0 Å². The molecular formula is C35H30BClN2Si. The number of nitrogens with zero attached hydrogens (tertiary/aromatic N) is 2. The molecule has 0 atom stereocenters. The molecule has 0 N–H and O–H groups in total. The Morgan fingerprint density at radius 2 is 1.05 bits per heavy atom. The zero-order valence-electron chi connectivity index (χ0n) is 22.3. The van der Waals surface area contributed by atoms with E-state index in [1.165, 1.54) is 26.7 Å². The Bertz CT molecular complexity index is 1560. The molecule has 5 heteroatoms. The molecule has 0 aliphatic rings. The van der Waals surface area contributed by atoms with Crippen LogP contribution in [-0.4, -0.2) is 24.9 Å². The highest BCUT2D eigenvalue weighted by atomic mass is 35.5. The molecule has 0 unspecified atom stereocenters. The lowest BCUT2D eigenvalue weighted by Gasteiger charge is -2.35. The van der Waals surface area contributed by atoms with Crippen molar-refractivity contribution in [1.29, 1.82) is 0 Å². The number of hydrogen-bond donors (Lipinski definition) is 0. The summed E-state index contributed by atoms with van der Waals surface area (Å²) in [6.07, 6.45) is 4.96. The minimum absolute atomic E-state index is 0.212. The van der Waals surface area contributed by atoms with E-state index in [2.05, 4.69) is 144 Å². The van der Waals surface area contributed by atoms with Gasteiger partial charge in [-0.1, -0.05) is 145 Å². The first-order valence-electron chi connectivity index (χ1n) is 13.7. The number of halogens is 1. The molecule has 0 aliphatic carbocycles. The second-order valence-corrected chi connectivity index (χ2v) is 14.5. The molecule has 6 aromatic rings. The second-order valence-electron chi connectivity index (χ2n) is 10.2. The van der Waals surface area contributed by atoms with Crippen LogP contribution in [0.25, 0.3) is 0 Å². The summed E-state index contributed by atoms with van der Waals surface area (Å²) in [6, 6.07) is 52.1. The van der Waals surface area contributed by atoms with Gasteiger partial charge in [0.2, 0.25) is 7.28 Å². The smallest absolute Gasteiger partial charge is 0.217 e. The number of imidazole rings is 1. The predicted octanol–water partition coefficient (Wildman–Crippen LogP) is 5.10. The van der Waals surface area contributed by atoms with E-state index in [4.69, 9.17) is 16.6 Å². The van der Waals surface area contributed by atoms with E-state index >= 15 is 0 Å². The summed E-state index contributed by atoms with van der Waals surface area (Å²) in [5.74, 6) is 0.212. The van der Waals surface area contributed by atoms with Gasteiger partial charge in [-0.15, -0.1) is 0 Å². The summed E-state index contributed by atoms with van der Waals surface area (Å²) in [5, 5.41) is 4.82. The molecule has 6 rings (SSSR count). The van der Waals surface area contributed by atoms with Crippen LogP contribution in [0.5, 0.6) is 0 Å². The second kappa shape index (κ2) is 12.0. The highest BCUT2D eigenvalue weighted by Crippen LogP contribution is 2.23. The maximum Gasteiger partial charge on any atom is 0.217 e. The fourth-order valence-electron chi connectivity index (χ4n) is 5.86. The van der Waals surface area contributed by atoms with Crippen molar-refractivity contribution in [3.63, 3.8) is 0 Å². The average Bonchev–Trinajstić information content (AvgIpc) is 3.47. The van der Waals surface area contributed by atoms with Crippen molar-refractivity contribution >= 4 is 48.2 Å². The summed E-state index contributed by atoms with van der Waals surface area (Å²) >= 11 is 6.40. The van der Waals surface area contributed by atoms with Crippen LogP contribution in [0.1, 0.15) is 16.9 Å². The molecule has 0 fully saturated rings. The highest BCUT2D eigenvalue weighted by molar-refractivity contribution is 7.10. The average molecular weight is 553 g/mol. The molecule has 0 amide bonds. The minimum atomic E-state index is -2.53. The SMILES string of the molecule is Clc1ccc([Si](Cn2ccnc2BC(c2ccccc2)c2ccccc2)(c2ccccc2)c2ccccc2)cc1. The fraction of sp³-hybridized carbons (Fsp3) is 0.0571. The van der Waals surface area contributed by atoms with Gasteiger partial charge in [0.15, 0.2) is 8.07 Å². The zero-order valence-corrected chi connectivity index (χ0v) is 24.0. The Hall–Kier alpha value is -4.12. The topological polar surface area (TPSA) is 17.8 Å². The molecule has 5 aromatic carbocycles. The van der Waals surface area contributed by atoms with Gasteiger partial charge in [0, 0.05) is 23.6 Å². The van der Waals surface area contributed by atoms with Crippen molar-refractivity contribution in [2.45, 2.75) is 12.0 Å². The first-order valence-corrected chi connectivity index (χ1v) is 16.3. The summed E-state index contributed by atoms with van der Waals surface area (Å²) < 4.78 is 2.40. The molecule has 0 radical (unpaired) electrons.